The molecule has 0 unspecified atom stereocenters. The minimum Gasteiger partial charge on any atom is -0.489 e. The number of rotatable bonds is 4. The van der Waals surface area contributed by atoms with Crippen molar-refractivity contribution in [3.05, 3.63) is 53.6 Å². The molecule has 7 heteroatoms. The number of anilines is 1. The maximum Gasteiger partial charge on any atom is 0.259 e. The molecule has 2 heterocycles. The average Bonchev–Trinajstić information content (AvgIpc) is 3.03. The van der Waals surface area contributed by atoms with E-state index < -0.39 is 10.0 Å². The lowest BCUT2D eigenvalue weighted by Crippen LogP contribution is -2.35. The fourth-order valence-electron chi connectivity index (χ4n) is 3.95. The molecule has 0 bridgehead atoms. The van der Waals surface area contributed by atoms with E-state index in [1.165, 1.54) is 10.4 Å². The first-order chi connectivity index (χ1) is 13.9. The van der Waals surface area contributed by atoms with Crippen molar-refractivity contribution in [2.24, 2.45) is 0 Å². The summed E-state index contributed by atoms with van der Waals surface area (Å²) < 4.78 is 33.3. The molecule has 2 aromatic carbocycles. The molecule has 2 aliphatic heterocycles. The first-order valence-electron chi connectivity index (χ1n) is 10.1. The third kappa shape index (κ3) is 3.76. The van der Waals surface area contributed by atoms with Crippen LogP contribution in [0, 0.1) is 0 Å². The second-order valence-corrected chi connectivity index (χ2v) is 9.72. The highest BCUT2D eigenvalue weighted by molar-refractivity contribution is 7.89. The topological polar surface area (TPSA) is 75.7 Å². The Morgan fingerprint density at radius 3 is 2.55 bits per heavy atom. The van der Waals surface area contributed by atoms with Gasteiger partial charge in [-0.3, -0.25) is 4.79 Å². The van der Waals surface area contributed by atoms with E-state index in [4.69, 9.17) is 4.74 Å². The van der Waals surface area contributed by atoms with Crippen molar-refractivity contribution in [3.8, 4) is 5.75 Å². The highest BCUT2D eigenvalue weighted by Crippen LogP contribution is 2.40. The first-order valence-corrected chi connectivity index (χ1v) is 11.5. The van der Waals surface area contributed by atoms with Gasteiger partial charge in [0.2, 0.25) is 10.0 Å². The van der Waals surface area contributed by atoms with E-state index in [0.29, 0.717) is 30.1 Å². The minimum atomic E-state index is -3.55. The van der Waals surface area contributed by atoms with Gasteiger partial charge in [0.25, 0.3) is 5.91 Å². The molecule has 0 saturated carbocycles. The molecule has 0 radical (unpaired) electrons. The molecule has 0 aliphatic carbocycles. The third-order valence-corrected chi connectivity index (χ3v) is 7.73. The second-order valence-electron chi connectivity index (χ2n) is 7.78. The molecule has 2 aromatic rings. The number of carbonyl (C=O) groups excluding carboxylic acids is 1. The van der Waals surface area contributed by atoms with Crippen molar-refractivity contribution >= 4 is 21.6 Å². The summed E-state index contributed by atoms with van der Waals surface area (Å²) >= 11 is 0. The molecule has 0 spiro atoms. The summed E-state index contributed by atoms with van der Waals surface area (Å²) in [5.74, 6) is 0.522. The van der Waals surface area contributed by atoms with Crippen LogP contribution in [0.1, 0.15) is 54.9 Å². The van der Waals surface area contributed by atoms with Crippen LogP contribution in [-0.2, 0) is 10.0 Å². The summed E-state index contributed by atoms with van der Waals surface area (Å²) in [6, 6.07) is 12.0. The number of carbonyl (C=O) groups is 1. The monoisotopic (exact) mass is 414 g/mol. The Hall–Kier alpha value is -2.38. The summed E-state index contributed by atoms with van der Waals surface area (Å²) in [4.78, 5) is 13.1. The van der Waals surface area contributed by atoms with Gasteiger partial charge in [-0.1, -0.05) is 31.5 Å². The van der Waals surface area contributed by atoms with Crippen molar-refractivity contribution in [1.82, 2.24) is 4.31 Å². The largest absolute Gasteiger partial charge is 0.489 e. The Balaban J connectivity index is 1.57. The van der Waals surface area contributed by atoms with Gasteiger partial charge < -0.3 is 10.1 Å². The lowest BCUT2D eigenvalue weighted by atomic mass is 9.97. The van der Waals surface area contributed by atoms with Crippen molar-refractivity contribution in [1.29, 1.82) is 0 Å². The number of hydrogen-bond donors (Lipinski definition) is 1. The molecule has 6 nitrogen and oxygen atoms in total. The molecule has 1 saturated heterocycles. The molecule has 4 rings (SSSR count). The Bertz CT molecular complexity index is 1030. The van der Waals surface area contributed by atoms with Gasteiger partial charge >= 0.3 is 0 Å². The van der Waals surface area contributed by atoms with E-state index in [-0.39, 0.29) is 22.8 Å². The number of sulfonamides is 1. The van der Waals surface area contributed by atoms with Gasteiger partial charge in [-0.15, -0.1) is 0 Å². The number of amides is 1. The fourth-order valence-corrected chi connectivity index (χ4v) is 5.52. The number of piperidine rings is 1. The molecule has 29 heavy (non-hydrogen) atoms. The molecular formula is C22H26N2O4S. The van der Waals surface area contributed by atoms with E-state index >= 15 is 0 Å². The predicted octanol–water partition coefficient (Wildman–Crippen LogP) is 4.00. The van der Waals surface area contributed by atoms with Gasteiger partial charge in [0.05, 0.1) is 10.5 Å². The number of nitrogens with one attached hydrogen (secondary N) is 1. The van der Waals surface area contributed by atoms with Gasteiger partial charge in [0, 0.05) is 30.3 Å². The van der Waals surface area contributed by atoms with Crippen molar-refractivity contribution < 1.29 is 17.9 Å². The van der Waals surface area contributed by atoms with E-state index in [2.05, 4.69) is 12.2 Å². The fraction of sp³-hybridized carbons (Fsp3) is 0.409. The maximum absolute atomic E-state index is 12.9. The SMILES string of the molecule is C[C@H]1Oc2c(C(=O)Nc3cccc(S(=O)(=O)N4CCCCC4)c3)cccc2[C@@H]1C. The average molecular weight is 415 g/mol. The van der Waals surface area contributed by atoms with E-state index in [1.54, 1.807) is 24.3 Å². The Morgan fingerprint density at radius 2 is 1.79 bits per heavy atom. The van der Waals surface area contributed by atoms with Gasteiger partial charge in [0.15, 0.2) is 0 Å². The summed E-state index contributed by atoms with van der Waals surface area (Å²) in [6.07, 6.45) is 2.83. The first kappa shape index (κ1) is 19.9. The van der Waals surface area contributed by atoms with Crippen LogP contribution in [0.15, 0.2) is 47.4 Å². The second kappa shape index (κ2) is 7.80. The van der Waals surface area contributed by atoms with Crippen molar-refractivity contribution in [3.63, 3.8) is 0 Å². The number of para-hydroxylation sites is 1. The number of hydrogen-bond acceptors (Lipinski definition) is 4. The summed E-state index contributed by atoms with van der Waals surface area (Å²) in [5.41, 5.74) is 1.93. The normalized spacial score (nSPS) is 22.0. The lowest BCUT2D eigenvalue weighted by Gasteiger charge is -2.26. The molecular weight excluding hydrogens is 388 g/mol. The van der Waals surface area contributed by atoms with E-state index in [1.807, 2.05) is 19.1 Å². The highest BCUT2D eigenvalue weighted by atomic mass is 32.2. The molecule has 154 valence electrons. The molecule has 1 amide bonds. The van der Waals surface area contributed by atoms with E-state index in [9.17, 15) is 13.2 Å². The quantitative estimate of drug-likeness (QED) is 0.821. The molecule has 1 fully saturated rings. The van der Waals surface area contributed by atoms with Crippen LogP contribution >= 0.6 is 0 Å². The number of benzene rings is 2. The summed E-state index contributed by atoms with van der Waals surface area (Å²) in [6.45, 7) is 5.15. The van der Waals surface area contributed by atoms with Crippen LogP contribution in [0.5, 0.6) is 5.75 Å². The zero-order valence-electron chi connectivity index (χ0n) is 16.7. The standard InChI is InChI=1S/C22H26N2O4S/c1-15-16(2)28-21-19(15)10-7-11-20(21)22(25)23-17-8-6-9-18(14-17)29(26,27)24-12-4-3-5-13-24/h6-11,14-16H,3-5,12-13H2,1-2H3,(H,23,25)/t15-,16-/m1/s1. The smallest absolute Gasteiger partial charge is 0.259 e. The van der Waals surface area contributed by atoms with Gasteiger partial charge in [0.1, 0.15) is 11.9 Å². The Morgan fingerprint density at radius 1 is 1.07 bits per heavy atom. The predicted molar refractivity (Wildman–Crippen MR) is 112 cm³/mol. The summed E-state index contributed by atoms with van der Waals surface area (Å²) in [7, 11) is -3.55. The van der Waals surface area contributed by atoms with Crippen LogP contribution in [0.2, 0.25) is 0 Å². The van der Waals surface area contributed by atoms with Gasteiger partial charge in [-0.25, -0.2) is 8.42 Å². The molecule has 0 aromatic heterocycles. The van der Waals surface area contributed by atoms with Crippen LogP contribution < -0.4 is 10.1 Å². The van der Waals surface area contributed by atoms with Crippen LogP contribution in [-0.4, -0.2) is 37.8 Å². The van der Waals surface area contributed by atoms with Gasteiger partial charge in [-0.2, -0.15) is 4.31 Å². The van der Waals surface area contributed by atoms with E-state index in [0.717, 1.165) is 24.8 Å². The maximum atomic E-state index is 12.9. The Kier molecular flexibility index (Phi) is 5.36. The summed E-state index contributed by atoms with van der Waals surface area (Å²) in [5, 5.41) is 2.83. The molecule has 2 atom stereocenters. The van der Waals surface area contributed by atoms with Crippen molar-refractivity contribution in [2.45, 2.75) is 50.0 Å². The van der Waals surface area contributed by atoms with Crippen LogP contribution in [0.3, 0.4) is 0 Å². The Labute approximate surface area is 171 Å². The van der Waals surface area contributed by atoms with Gasteiger partial charge in [-0.05, 0) is 44.0 Å². The molecule has 2 aliphatic rings. The third-order valence-electron chi connectivity index (χ3n) is 5.83. The zero-order chi connectivity index (χ0) is 20.6. The highest BCUT2D eigenvalue weighted by Gasteiger charge is 2.31. The number of ether oxygens (including phenoxy) is 1. The molecule has 1 N–H and O–H groups in total. The van der Waals surface area contributed by atoms with Crippen LogP contribution in [0.4, 0.5) is 5.69 Å². The van der Waals surface area contributed by atoms with Crippen LogP contribution in [0.25, 0.3) is 0 Å². The number of nitrogens with zero attached hydrogens (tertiary/aromatic N) is 1. The number of fused-ring (bicyclic) bond motifs is 1. The minimum absolute atomic E-state index is 0.0111. The lowest BCUT2D eigenvalue weighted by molar-refractivity contribution is 0.102. The zero-order valence-corrected chi connectivity index (χ0v) is 17.5. The van der Waals surface area contributed by atoms with Crippen molar-refractivity contribution in [2.75, 3.05) is 18.4 Å².